The molecule has 0 unspecified atom stereocenters. The number of anilines is 2. The molecule has 1 aromatic heterocycles. The Bertz CT molecular complexity index is 816. The number of para-hydroxylation sites is 2. The molecule has 6 heteroatoms. The van der Waals surface area contributed by atoms with E-state index in [1.807, 2.05) is 31.2 Å². The molecule has 0 radical (unpaired) electrons. The number of hydrogen-bond acceptors (Lipinski definition) is 5. The third-order valence-corrected chi connectivity index (χ3v) is 5.44. The van der Waals surface area contributed by atoms with Gasteiger partial charge in [-0.2, -0.15) is 5.10 Å². The smallest absolute Gasteiger partial charge is 0.227 e. The van der Waals surface area contributed by atoms with Crippen molar-refractivity contribution in [1.82, 2.24) is 10.2 Å². The molecule has 27 heavy (non-hydrogen) atoms. The van der Waals surface area contributed by atoms with Crippen LogP contribution in [0, 0.1) is 5.92 Å². The molecule has 0 bridgehead atoms. The number of benzene rings is 1. The number of amides is 1. The van der Waals surface area contributed by atoms with Gasteiger partial charge in [-0.1, -0.05) is 12.1 Å². The Morgan fingerprint density at radius 2 is 2.04 bits per heavy atom. The minimum Gasteiger partial charge on any atom is -0.492 e. The highest BCUT2D eigenvalue weighted by Crippen LogP contribution is 2.28. The predicted octanol–water partition coefficient (Wildman–Crippen LogP) is 3.22. The maximum absolute atomic E-state index is 12.7. The summed E-state index contributed by atoms with van der Waals surface area (Å²) < 4.78 is 5.60. The average Bonchev–Trinajstić information content (AvgIpc) is 3.17. The minimum atomic E-state index is 0.0123. The van der Waals surface area contributed by atoms with Crippen LogP contribution in [0.3, 0.4) is 0 Å². The second-order valence-electron chi connectivity index (χ2n) is 7.21. The molecule has 1 amide bonds. The lowest BCUT2D eigenvalue weighted by atomic mass is 9.95. The molecule has 6 nitrogen and oxygen atoms in total. The number of carbonyl (C=O) groups excluding carboxylic acids is 1. The highest BCUT2D eigenvalue weighted by Gasteiger charge is 2.27. The van der Waals surface area contributed by atoms with E-state index in [1.54, 1.807) is 0 Å². The molecular formula is C21H26N4O2. The molecule has 1 aromatic carbocycles. The van der Waals surface area contributed by atoms with Crippen molar-refractivity contribution in [3.8, 4) is 5.75 Å². The van der Waals surface area contributed by atoms with Gasteiger partial charge in [0.25, 0.3) is 0 Å². The molecule has 4 rings (SSSR count). The Labute approximate surface area is 159 Å². The first-order chi connectivity index (χ1) is 13.2. The summed E-state index contributed by atoms with van der Waals surface area (Å²) in [6.45, 7) is 4.18. The Balaban J connectivity index is 1.36. The van der Waals surface area contributed by atoms with Gasteiger partial charge in [0.1, 0.15) is 5.75 Å². The van der Waals surface area contributed by atoms with E-state index < -0.39 is 0 Å². The number of aromatic nitrogens is 2. The van der Waals surface area contributed by atoms with E-state index in [9.17, 15) is 4.79 Å². The zero-order valence-corrected chi connectivity index (χ0v) is 15.8. The van der Waals surface area contributed by atoms with E-state index in [-0.39, 0.29) is 11.8 Å². The number of ether oxygens (including phenoxy) is 1. The van der Waals surface area contributed by atoms with E-state index >= 15 is 0 Å². The summed E-state index contributed by atoms with van der Waals surface area (Å²) in [6, 6.07) is 9.78. The molecular weight excluding hydrogens is 340 g/mol. The molecule has 1 aliphatic carbocycles. The highest BCUT2D eigenvalue weighted by molar-refractivity contribution is 5.94. The second-order valence-corrected chi connectivity index (χ2v) is 7.21. The van der Waals surface area contributed by atoms with Gasteiger partial charge in [-0.25, -0.2) is 0 Å². The average molecular weight is 366 g/mol. The van der Waals surface area contributed by atoms with Crippen molar-refractivity contribution in [3.05, 3.63) is 41.6 Å². The number of aryl methyl sites for hydroxylation is 2. The van der Waals surface area contributed by atoms with Crippen molar-refractivity contribution in [2.24, 2.45) is 5.92 Å². The van der Waals surface area contributed by atoms with Gasteiger partial charge < -0.3 is 15.0 Å². The number of nitrogens with zero attached hydrogens (tertiary/aromatic N) is 3. The number of nitrogens with one attached hydrogen (secondary N) is 1. The number of hydrogen-bond donors (Lipinski definition) is 1. The Hall–Kier alpha value is -2.63. The Morgan fingerprint density at radius 1 is 1.22 bits per heavy atom. The Kier molecular flexibility index (Phi) is 5.23. The molecule has 142 valence electrons. The summed E-state index contributed by atoms with van der Waals surface area (Å²) in [5, 5.41) is 11.8. The van der Waals surface area contributed by atoms with E-state index in [2.05, 4.69) is 26.5 Å². The molecule has 1 fully saturated rings. The fourth-order valence-electron chi connectivity index (χ4n) is 3.93. The monoisotopic (exact) mass is 366 g/mol. The zero-order valence-electron chi connectivity index (χ0n) is 15.8. The summed E-state index contributed by atoms with van der Waals surface area (Å²) >= 11 is 0. The summed E-state index contributed by atoms with van der Waals surface area (Å²) in [5.74, 6) is 1.76. The van der Waals surface area contributed by atoms with E-state index in [4.69, 9.17) is 4.74 Å². The van der Waals surface area contributed by atoms with Gasteiger partial charge in [0.15, 0.2) is 5.82 Å². The van der Waals surface area contributed by atoms with Gasteiger partial charge >= 0.3 is 0 Å². The normalized spacial score (nSPS) is 16.9. The van der Waals surface area contributed by atoms with Crippen LogP contribution in [0.2, 0.25) is 0 Å². The molecule has 2 heterocycles. The third kappa shape index (κ3) is 3.89. The van der Waals surface area contributed by atoms with Crippen LogP contribution >= 0.6 is 0 Å². The van der Waals surface area contributed by atoms with Crippen molar-refractivity contribution in [2.45, 2.75) is 39.0 Å². The largest absolute Gasteiger partial charge is 0.492 e. The van der Waals surface area contributed by atoms with Crippen LogP contribution < -0.4 is 15.0 Å². The quantitative estimate of drug-likeness (QED) is 0.880. The highest BCUT2D eigenvalue weighted by atomic mass is 16.5. The lowest BCUT2D eigenvalue weighted by Gasteiger charge is -2.32. The molecule has 0 saturated carbocycles. The van der Waals surface area contributed by atoms with Crippen molar-refractivity contribution in [1.29, 1.82) is 0 Å². The number of fused-ring (bicyclic) bond motifs is 1. The van der Waals surface area contributed by atoms with Crippen LogP contribution in [0.5, 0.6) is 5.75 Å². The van der Waals surface area contributed by atoms with Crippen LogP contribution in [0.4, 0.5) is 11.5 Å². The van der Waals surface area contributed by atoms with Crippen molar-refractivity contribution < 1.29 is 9.53 Å². The van der Waals surface area contributed by atoms with Crippen molar-refractivity contribution in [2.75, 3.05) is 29.9 Å². The van der Waals surface area contributed by atoms with Crippen LogP contribution in [0.25, 0.3) is 0 Å². The third-order valence-electron chi connectivity index (χ3n) is 5.44. The lowest BCUT2D eigenvalue weighted by molar-refractivity contribution is -0.120. The van der Waals surface area contributed by atoms with Crippen LogP contribution in [-0.2, 0) is 17.6 Å². The van der Waals surface area contributed by atoms with E-state index in [0.717, 1.165) is 61.7 Å². The Morgan fingerprint density at radius 3 is 2.85 bits per heavy atom. The van der Waals surface area contributed by atoms with Gasteiger partial charge in [0.2, 0.25) is 5.91 Å². The second kappa shape index (κ2) is 7.94. The number of rotatable bonds is 5. The van der Waals surface area contributed by atoms with Crippen molar-refractivity contribution in [3.63, 3.8) is 0 Å². The number of carbonyl (C=O) groups is 1. The van der Waals surface area contributed by atoms with Crippen LogP contribution in [-0.4, -0.2) is 35.8 Å². The lowest BCUT2D eigenvalue weighted by Crippen LogP contribution is -2.38. The topological polar surface area (TPSA) is 67.3 Å². The molecule has 2 aromatic rings. The van der Waals surface area contributed by atoms with Crippen LogP contribution in [0.15, 0.2) is 30.3 Å². The minimum absolute atomic E-state index is 0.0123. The van der Waals surface area contributed by atoms with E-state index in [0.29, 0.717) is 6.61 Å². The molecule has 1 N–H and O–H groups in total. The van der Waals surface area contributed by atoms with Gasteiger partial charge in [-0.3, -0.25) is 4.79 Å². The molecule has 2 aliphatic rings. The van der Waals surface area contributed by atoms with Gasteiger partial charge in [-0.05, 0) is 62.8 Å². The molecule has 1 saturated heterocycles. The van der Waals surface area contributed by atoms with Gasteiger partial charge in [0.05, 0.1) is 18.0 Å². The van der Waals surface area contributed by atoms with Gasteiger partial charge in [0, 0.05) is 19.0 Å². The molecule has 0 spiro atoms. The maximum Gasteiger partial charge on any atom is 0.227 e. The number of piperidine rings is 1. The molecule has 1 aliphatic heterocycles. The SMILES string of the molecule is CCOc1ccccc1NC(=O)C1CCN(c2cc3c(nn2)CCC3)CC1. The van der Waals surface area contributed by atoms with E-state index in [1.165, 1.54) is 12.0 Å². The standard InChI is InChI=1S/C21H26N4O2/c1-2-27-19-9-4-3-7-18(19)22-21(26)15-10-12-25(13-11-15)20-14-16-6-5-8-17(16)23-24-20/h3-4,7,9,14-15H,2,5-6,8,10-13H2,1H3,(H,22,26). The maximum atomic E-state index is 12.7. The first kappa shape index (κ1) is 17.8. The fourth-order valence-corrected chi connectivity index (χ4v) is 3.93. The summed E-state index contributed by atoms with van der Waals surface area (Å²) in [4.78, 5) is 15.0. The zero-order chi connectivity index (χ0) is 18.6. The predicted molar refractivity (Wildman–Crippen MR) is 105 cm³/mol. The van der Waals surface area contributed by atoms with Crippen molar-refractivity contribution >= 4 is 17.4 Å². The summed E-state index contributed by atoms with van der Waals surface area (Å²) in [5.41, 5.74) is 3.24. The fraction of sp³-hybridized carbons (Fsp3) is 0.476. The molecule has 0 atom stereocenters. The summed E-state index contributed by atoms with van der Waals surface area (Å²) in [6.07, 6.45) is 4.98. The van der Waals surface area contributed by atoms with Gasteiger partial charge in [-0.15, -0.1) is 5.10 Å². The van der Waals surface area contributed by atoms with Crippen LogP contribution in [0.1, 0.15) is 37.4 Å². The first-order valence-corrected chi connectivity index (χ1v) is 9.87. The first-order valence-electron chi connectivity index (χ1n) is 9.87. The summed E-state index contributed by atoms with van der Waals surface area (Å²) in [7, 11) is 0.